The molecule has 1 N–H and O–H groups in total. The minimum atomic E-state index is -0.471. The van der Waals surface area contributed by atoms with E-state index in [0.29, 0.717) is 48.5 Å². The maximum absolute atomic E-state index is 12.8. The van der Waals surface area contributed by atoms with Crippen LogP contribution < -0.4 is 14.2 Å². The van der Waals surface area contributed by atoms with Gasteiger partial charge in [-0.1, -0.05) is 54.1 Å². The number of benzene rings is 3. The highest BCUT2D eigenvalue weighted by Crippen LogP contribution is 2.32. The van der Waals surface area contributed by atoms with E-state index in [-0.39, 0.29) is 11.4 Å². The van der Waals surface area contributed by atoms with E-state index in [1.807, 2.05) is 74.5 Å². The molecule has 0 radical (unpaired) electrons. The number of carbonyl (C=O) groups excluding carboxylic acids is 1. The maximum Gasteiger partial charge on any atom is 0.283 e. The first-order valence-electron chi connectivity index (χ1n) is 12.6. The average molecular weight is 541 g/mol. The van der Waals surface area contributed by atoms with Crippen molar-refractivity contribution in [2.24, 2.45) is 10.1 Å². The van der Waals surface area contributed by atoms with Crippen molar-refractivity contribution in [1.82, 2.24) is 5.01 Å². The van der Waals surface area contributed by atoms with Crippen molar-refractivity contribution in [1.29, 1.82) is 5.41 Å². The number of aryl methyl sites for hydroxylation is 1. The van der Waals surface area contributed by atoms with Crippen LogP contribution in [0.3, 0.4) is 0 Å². The van der Waals surface area contributed by atoms with Gasteiger partial charge >= 0.3 is 0 Å². The molecule has 3 aromatic rings. The standard InChI is InChI=1S/C30H28N4O4S/c1-3-36-26-18-22(11-14-25(26)38-16-15-37-23-12-9-20(2)10-13-23)17-24-28(31)34-30(32-29(24)35)39-27(33-34)19-21-7-5-4-6-8-21/h4-14,17-18,31H,3,15-16,19H2,1-2H3. The third kappa shape index (κ3) is 6.38. The molecule has 8 nitrogen and oxygen atoms in total. The third-order valence-corrected chi connectivity index (χ3v) is 6.81. The Hall–Kier alpha value is -4.37. The molecule has 0 aromatic heterocycles. The van der Waals surface area contributed by atoms with E-state index in [4.69, 9.17) is 19.6 Å². The lowest BCUT2D eigenvalue weighted by atomic mass is 10.1. The highest BCUT2D eigenvalue weighted by molar-refractivity contribution is 8.26. The summed E-state index contributed by atoms with van der Waals surface area (Å²) in [7, 11) is 0. The van der Waals surface area contributed by atoms with E-state index in [2.05, 4.69) is 10.1 Å². The number of ether oxygens (including phenoxy) is 3. The molecule has 2 aliphatic heterocycles. The first-order chi connectivity index (χ1) is 19.0. The summed E-state index contributed by atoms with van der Waals surface area (Å²) in [6.45, 7) is 5.09. The number of aliphatic imine (C=N–C) groups is 1. The van der Waals surface area contributed by atoms with Crippen LogP contribution in [-0.2, 0) is 11.2 Å². The van der Waals surface area contributed by atoms with Crippen molar-refractivity contribution in [2.45, 2.75) is 20.3 Å². The van der Waals surface area contributed by atoms with Gasteiger partial charge in [-0.3, -0.25) is 10.2 Å². The van der Waals surface area contributed by atoms with Crippen LogP contribution in [0.4, 0.5) is 0 Å². The molecule has 2 heterocycles. The van der Waals surface area contributed by atoms with Gasteiger partial charge in [0.15, 0.2) is 17.3 Å². The van der Waals surface area contributed by atoms with E-state index in [1.165, 1.54) is 22.3 Å². The van der Waals surface area contributed by atoms with Crippen LogP contribution in [-0.4, -0.2) is 46.8 Å². The fraction of sp³-hybridized carbons (Fsp3) is 0.200. The van der Waals surface area contributed by atoms with Gasteiger partial charge < -0.3 is 14.2 Å². The SMILES string of the molecule is CCOc1cc(C=C2C(=N)N3N=C(Cc4ccccc4)SC3=NC2=O)ccc1OCCOc1ccc(C)cc1. The predicted octanol–water partition coefficient (Wildman–Crippen LogP) is 5.71. The molecule has 5 rings (SSSR count). The van der Waals surface area contributed by atoms with E-state index in [9.17, 15) is 4.79 Å². The minimum Gasteiger partial charge on any atom is -0.490 e. The zero-order chi connectivity index (χ0) is 27.2. The van der Waals surface area contributed by atoms with Crippen molar-refractivity contribution >= 4 is 39.8 Å². The highest BCUT2D eigenvalue weighted by atomic mass is 32.2. The molecule has 0 saturated heterocycles. The van der Waals surface area contributed by atoms with E-state index < -0.39 is 5.91 Å². The summed E-state index contributed by atoms with van der Waals surface area (Å²) in [4.78, 5) is 17.0. The van der Waals surface area contributed by atoms with Crippen LogP contribution in [0, 0.1) is 12.3 Å². The molecular formula is C30H28N4O4S. The summed E-state index contributed by atoms with van der Waals surface area (Å²) in [5, 5.41) is 15.8. The zero-order valence-electron chi connectivity index (χ0n) is 21.7. The van der Waals surface area contributed by atoms with E-state index in [1.54, 1.807) is 18.2 Å². The first kappa shape index (κ1) is 26.2. The van der Waals surface area contributed by atoms with Crippen LogP contribution in [0.5, 0.6) is 17.2 Å². The van der Waals surface area contributed by atoms with Gasteiger partial charge in [0.25, 0.3) is 5.91 Å². The lowest BCUT2D eigenvalue weighted by molar-refractivity contribution is -0.114. The van der Waals surface area contributed by atoms with Gasteiger partial charge in [-0.15, -0.1) is 0 Å². The second-order valence-corrected chi connectivity index (χ2v) is 9.87. The number of hydrogen-bond acceptors (Lipinski definition) is 7. The first-order valence-corrected chi connectivity index (χ1v) is 13.4. The fourth-order valence-corrected chi connectivity index (χ4v) is 4.91. The summed E-state index contributed by atoms with van der Waals surface area (Å²) >= 11 is 1.32. The Kier molecular flexibility index (Phi) is 8.07. The minimum absolute atomic E-state index is 0.00731. The molecule has 0 bridgehead atoms. The largest absolute Gasteiger partial charge is 0.490 e. The van der Waals surface area contributed by atoms with E-state index >= 15 is 0 Å². The summed E-state index contributed by atoms with van der Waals surface area (Å²) in [5.41, 5.74) is 3.12. The monoisotopic (exact) mass is 540 g/mol. The van der Waals surface area contributed by atoms with Crippen LogP contribution in [0.1, 0.15) is 23.6 Å². The summed E-state index contributed by atoms with van der Waals surface area (Å²) in [5.74, 6) is 1.42. The van der Waals surface area contributed by atoms with Crippen molar-refractivity contribution in [3.05, 3.63) is 95.1 Å². The number of thioether (sulfide) groups is 1. The van der Waals surface area contributed by atoms with Gasteiger partial charge in [0.1, 0.15) is 24.0 Å². The van der Waals surface area contributed by atoms with Crippen molar-refractivity contribution in [2.75, 3.05) is 19.8 Å². The van der Waals surface area contributed by atoms with Crippen molar-refractivity contribution < 1.29 is 19.0 Å². The Morgan fingerprint density at radius 3 is 2.49 bits per heavy atom. The lowest BCUT2D eigenvalue weighted by Gasteiger charge is -2.20. The number of hydrazone groups is 1. The Bertz CT molecular complexity index is 1470. The number of carbonyl (C=O) groups is 1. The van der Waals surface area contributed by atoms with Gasteiger partial charge in [0.05, 0.1) is 12.2 Å². The quantitative estimate of drug-likeness (QED) is 0.261. The number of rotatable bonds is 10. The molecule has 39 heavy (non-hydrogen) atoms. The topological polar surface area (TPSA) is 96.6 Å². The molecule has 0 atom stereocenters. The second kappa shape index (κ2) is 12.0. The van der Waals surface area contributed by atoms with Gasteiger partial charge in [0.2, 0.25) is 5.17 Å². The molecular weight excluding hydrogens is 512 g/mol. The summed E-state index contributed by atoms with van der Waals surface area (Å²) in [6, 6.07) is 23.2. The molecule has 0 unspecified atom stereocenters. The fourth-order valence-electron chi connectivity index (χ4n) is 3.99. The summed E-state index contributed by atoms with van der Waals surface area (Å²) in [6.07, 6.45) is 2.24. The molecule has 0 aliphatic carbocycles. The average Bonchev–Trinajstić information content (AvgIpc) is 3.34. The predicted molar refractivity (Wildman–Crippen MR) is 155 cm³/mol. The Labute approximate surface area is 231 Å². The van der Waals surface area contributed by atoms with Gasteiger partial charge in [-0.05, 0) is 67.1 Å². The second-order valence-electron chi connectivity index (χ2n) is 8.83. The Balaban J connectivity index is 1.27. The number of amidine groups is 2. The highest BCUT2D eigenvalue weighted by Gasteiger charge is 2.35. The van der Waals surface area contributed by atoms with Crippen LogP contribution in [0.25, 0.3) is 6.08 Å². The molecule has 0 spiro atoms. The normalized spacial score (nSPS) is 15.6. The van der Waals surface area contributed by atoms with Crippen molar-refractivity contribution in [3.8, 4) is 17.2 Å². The molecule has 0 saturated carbocycles. The third-order valence-electron chi connectivity index (χ3n) is 5.90. The van der Waals surface area contributed by atoms with Gasteiger partial charge in [-0.25, -0.2) is 0 Å². The zero-order valence-corrected chi connectivity index (χ0v) is 22.5. The van der Waals surface area contributed by atoms with Crippen LogP contribution in [0.2, 0.25) is 0 Å². The number of hydrogen-bond donors (Lipinski definition) is 1. The van der Waals surface area contributed by atoms with Crippen LogP contribution in [0.15, 0.2) is 88.5 Å². The molecule has 3 aromatic carbocycles. The van der Waals surface area contributed by atoms with Crippen LogP contribution >= 0.6 is 11.8 Å². The molecule has 2 aliphatic rings. The Morgan fingerprint density at radius 2 is 1.72 bits per heavy atom. The summed E-state index contributed by atoms with van der Waals surface area (Å²) < 4.78 is 17.4. The van der Waals surface area contributed by atoms with E-state index in [0.717, 1.165) is 16.4 Å². The van der Waals surface area contributed by atoms with Gasteiger partial charge in [0, 0.05) is 6.42 Å². The molecule has 198 valence electrons. The molecule has 9 heteroatoms. The maximum atomic E-state index is 12.8. The number of nitrogens with one attached hydrogen (secondary N) is 1. The number of nitrogens with zero attached hydrogens (tertiary/aromatic N) is 3. The molecule has 1 amide bonds. The number of fused-ring (bicyclic) bond motifs is 1. The Morgan fingerprint density at radius 1 is 0.949 bits per heavy atom. The smallest absolute Gasteiger partial charge is 0.283 e. The molecule has 0 fully saturated rings. The lowest BCUT2D eigenvalue weighted by Crippen LogP contribution is -2.35. The van der Waals surface area contributed by atoms with Crippen molar-refractivity contribution in [3.63, 3.8) is 0 Å². The van der Waals surface area contributed by atoms with Gasteiger partial charge in [-0.2, -0.15) is 15.1 Å². The number of amides is 1.